The lowest BCUT2D eigenvalue weighted by Crippen LogP contribution is -2.39. The largest absolute Gasteiger partial charge is 0.497 e. The summed E-state index contributed by atoms with van der Waals surface area (Å²) in [6.07, 6.45) is 3.16. The van der Waals surface area contributed by atoms with Gasteiger partial charge in [-0.05, 0) is 36.5 Å². The van der Waals surface area contributed by atoms with Crippen LogP contribution in [-0.4, -0.2) is 7.11 Å². The molecule has 2 nitrogen and oxygen atoms in total. The molecule has 84 valence electrons. The average molecular weight is 215 g/mol. The molecule has 0 radical (unpaired) electrons. The van der Waals surface area contributed by atoms with Gasteiger partial charge >= 0.3 is 0 Å². The molecule has 1 aromatic carbocycles. The minimum atomic E-state index is -0.255. The molecule has 0 unspecified atom stereocenters. The van der Waals surface area contributed by atoms with Crippen LogP contribution in [0.25, 0.3) is 0 Å². The van der Waals surface area contributed by atoms with Gasteiger partial charge in [0.1, 0.15) is 5.75 Å². The van der Waals surface area contributed by atoms with Crippen molar-refractivity contribution >= 4 is 0 Å². The molecule has 0 amide bonds. The third-order valence-corrected chi connectivity index (χ3v) is 3.69. The van der Waals surface area contributed by atoms with E-state index in [1.807, 2.05) is 24.3 Å². The molecule has 1 aromatic rings. The monoisotopic (exact) mass is 215 g/mol. The number of nitriles is 1. The molecule has 16 heavy (non-hydrogen) atoms. The molecule has 0 N–H and O–H groups in total. The van der Waals surface area contributed by atoms with E-state index in [1.165, 1.54) is 6.42 Å². The molecule has 1 fully saturated rings. The first-order chi connectivity index (χ1) is 7.74. The van der Waals surface area contributed by atoms with Crippen LogP contribution in [0.2, 0.25) is 0 Å². The van der Waals surface area contributed by atoms with Crippen molar-refractivity contribution in [2.24, 2.45) is 5.92 Å². The van der Waals surface area contributed by atoms with E-state index in [-0.39, 0.29) is 5.41 Å². The van der Waals surface area contributed by atoms with Gasteiger partial charge in [0.2, 0.25) is 0 Å². The zero-order chi connectivity index (χ0) is 11.6. The van der Waals surface area contributed by atoms with E-state index < -0.39 is 0 Å². The van der Waals surface area contributed by atoms with Crippen molar-refractivity contribution in [1.82, 2.24) is 0 Å². The highest BCUT2D eigenvalue weighted by Crippen LogP contribution is 2.49. The summed E-state index contributed by atoms with van der Waals surface area (Å²) in [5, 5.41) is 9.38. The summed E-state index contributed by atoms with van der Waals surface area (Å²) in [4.78, 5) is 0. The van der Waals surface area contributed by atoms with Crippen molar-refractivity contribution in [2.75, 3.05) is 7.11 Å². The molecule has 0 bridgehead atoms. The Morgan fingerprint density at radius 2 is 2.25 bits per heavy atom. The quantitative estimate of drug-likeness (QED) is 0.775. The van der Waals surface area contributed by atoms with E-state index >= 15 is 0 Å². The van der Waals surface area contributed by atoms with E-state index in [0.29, 0.717) is 5.92 Å². The van der Waals surface area contributed by atoms with Gasteiger partial charge in [-0.15, -0.1) is 0 Å². The molecule has 2 rings (SSSR count). The molecule has 0 spiro atoms. The average Bonchev–Trinajstić information content (AvgIpc) is 2.29. The Morgan fingerprint density at radius 3 is 2.81 bits per heavy atom. The summed E-state index contributed by atoms with van der Waals surface area (Å²) in [5.74, 6) is 1.55. The van der Waals surface area contributed by atoms with Crippen molar-refractivity contribution in [3.63, 3.8) is 0 Å². The normalized spacial score (nSPS) is 27.9. The number of ether oxygens (including phenoxy) is 1. The maximum Gasteiger partial charge on any atom is 0.119 e. The van der Waals surface area contributed by atoms with Crippen molar-refractivity contribution < 1.29 is 4.74 Å². The Bertz CT molecular complexity index is 413. The number of methoxy groups -OCH3 is 1. The molecule has 1 saturated carbocycles. The van der Waals surface area contributed by atoms with Crippen molar-refractivity contribution in [3.8, 4) is 11.8 Å². The van der Waals surface area contributed by atoms with E-state index in [4.69, 9.17) is 4.74 Å². The van der Waals surface area contributed by atoms with E-state index in [9.17, 15) is 5.26 Å². The fourth-order valence-corrected chi connectivity index (χ4v) is 2.53. The Labute approximate surface area is 96.9 Å². The summed E-state index contributed by atoms with van der Waals surface area (Å²) in [6.45, 7) is 2.19. The zero-order valence-electron chi connectivity index (χ0n) is 9.86. The maximum atomic E-state index is 9.38. The van der Waals surface area contributed by atoms with Crippen LogP contribution in [0.3, 0.4) is 0 Å². The Balaban J connectivity index is 2.26. The van der Waals surface area contributed by atoms with Gasteiger partial charge in [-0.3, -0.25) is 0 Å². The third kappa shape index (κ3) is 1.67. The van der Waals surface area contributed by atoms with Crippen LogP contribution in [0, 0.1) is 17.2 Å². The highest BCUT2D eigenvalue weighted by molar-refractivity contribution is 5.40. The zero-order valence-corrected chi connectivity index (χ0v) is 9.86. The maximum absolute atomic E-state index is 9.38. The standard InChI is InChI=1S/C14H17NO/c1-3-11-8-14(9-11,10-15)12-5-4-6-13(7-12)16-2/h4-7,11H,3,8-9H2,1-2H3. The summed E-state index contributed by atoms with van der Waals surface area (Å²) in [6, 6.07) is 10.4. The van der Waals surface area contributed by atoms with E-state index in [2.05, 4.69) is 13.0 Å². The number of benzene rings is 1. The first-order valence-corrected chi connectivity index (χ1v) is 5.80. The second kappa shape index (κ2) is 4.17. The highest BCUT2D eigenvalue weighted by Gasteiger charge is 2.45. The minimum absolute atomic E-state index is 0.255. The smallest absolute Gasteiger partial charge is 0.119 e. The molecule has 1 aliphatic rings. The van der Waals surface area contributed by atoms with Gasteiger partial charge in [0.25, 0.3) is 0 Å². The molecular weight excluding hydrogens is 198 g/mol. The van der Waals surface area contributed by atoms with Crippen LogP contribution < -0.4 is 4.74 Å². The fraction of sp³-hybridized carbons (Fsp3) is 0.500. The lowest BCUT2D eigenvalue weighted by Gasteiger charge is -2.42. The second-order valence-corrected chi connectivity index (χ2v) is 4.61. The fourth-order valence-electron chi connectivity index (χ4n) is 2.53. The number of hydrogen-bond donors (Lipinski definition) is 0. The van der Waals surface area contributed by atoms with Crippen molar-refractivity contribution in [3.05, 3.63) is 29.8 Å². The second-order valence-electron chi connectivity index (χ2n) is 4.61. The number of nitrogens with zero attached hydrogens (tertiary/aromatic N) is 1. The lowest BCUT2D eigenvalue weighted by molar-refractivity contribution is 0.191. The summed E-state index contributed by atoms with van der Waals surface area (Å²) in [5.41, 5.74) is 0.855. The third-order valence-electron chi connectivity index (χ3n) is 3.69. The van der Waals surface area contributed by atoms with Gasteiger partial charge in [0, 0.05) is 0 Å². The first kappa shape index (κ1) is 11.0. The van der Waals surface area contributed by atoms with Gasteiger partial charge in [0.05, 0.1) is 18.6 Å². The Hall–Kier alpha value is -1.49. The van der Waals surface area contributed by atoms with Gasteiger partial charge in [0.15, 0.2) is 0 Å². The predicted octanol–water partition coefficient (Wildman–Crippen LogP) is 3.28. The highest BCUT2D eigenvalue weighted by atomic mass is 16.5. The van der Waals surface area contributed by atoms with Gasteiger partial charge < -0.3 is 4.74 Å². The van der Waals surface area contributed by atoms with E-state index in [1.54, 1.807) is 7.11 Å². The molecule has 0 atom stereocenters. The van der Waals surface area contributed by atoms with Crippen LogP contribution in [0.5, 0.6) is 5.75 Å². The Kier molecular flexibility index (Phi) is 2.87. The van der Waals surface area contributed by atoms with Crippen LogP contribution in [0.4, 0.5) is 0 Å². The summed E-state index contributed by atoms with van der Waals surface area (Å²) in [7, 11) is 1.66. The Morgan fingerprint density at radius 1 is 1.50 bits per heavy atom. The van der Waals surface area contributed by atoms with Crippen LogP contribution in [0.15, 0.2) is 24.3 Å². The predicted molar refractivity (Wildman–Crippen MR) is 63.3 cm³/mol. The summed E-state index contributed by atoms with van der Waals surface area (Å²) < 4.78 is 5.21. The molecule has 0 aromatic heterocycles. The first-order valence-electron chi connectivity index (χ1n) is 5.80. The molecule has 0 saturated heterocycles. The summed E-state index contributed by atoms with van der Waals surface area (Å²) >= 11 is 0. The SMILES string of the molecule is CCC1CC(C#N)(c2cccc(OC)c2)C1. The van der Waals surface area contributed by atoms with Gasteiger partial charge in [-0.2, -0.15) is 5.26 Å². The molecular formula is C14H17NO. The number of hydrogen-bond acceptors (Lipinski definition) is 2. The van der Waals surface area contributed by atoms with Gasteiger partial charge in [-0.25, -0.2) is 0 Å². The van der Waals surface area contributed by atoms with Crippen molar-refractivity contribution in [2.45, 2.75) is 31.6 Å². The minimum Gasteiger partial charge on any atom is -0.497 e. The number of rotatable bonds is 3. The topological polar surface area (TPSA) is 33.0 Å². The lowest BCUT2D eigenvalue weighted by atomic mass is 9.59. The van der Waals surface area contributed by atoms with Crippen LogP contribution in [0.1, 0.15) is 31.7 Å². The molecule has 1 aliphatic carbocycles. The molecule has 2 heteroatoms. The molecule has 0 heterocycles. The van der Waals surface area contributed by atoms with Gasteiger partial charge in [-0.1, -0.05) is 25.5 Å². The van der Waals surface area contributed by atoms with Crippen LogP contribution in [-0.2, 0) is 5.41 Å². The van der Waals surface area contributed by atoms with Crippen molar-refractivity contribution in [1.29, 1.82) is 5.26 Å². The van der Waals surface area contributed by atoms with E-state index in [0.717, 1.165) is 24.2 Å². The molecule has 0 aliphatic heterocycles. The van der Waals surface area contributed by atoms with Crippen LogP contribution >= 0.6 is 0 Å².